The second-order valence-electron chi connectivity index (χ2n) is 10.4. The summed E-state index contributed by atoms with van der Waals surface area (Å²) in [5.41, 5.74) is 3.46. The van der Waals surface area contributed by atoms with Gasteiger partial charge in [0.05, 0.1) is 0 Å². The van der Waals surface area contributed by atoms with Crippen LogP contribution < -0.4 is 4.74 Å². The van der Waals surface area contributed by atoms with Crippen molar-refractivity contribution in [2.24, 2.45) is 5.92 Å². The molecule has 0 aromatic heterocycles. The predicted molar refractivity (Wildman–Crippen MR) is 141 cm³/mol. The Kier molecular flexibility index (Phi) is 8.98. The number of ether oxygens (including phenoxy) is 2. The molecule has 0 heterocycles. The molecule has 2 aromatic carbocycles. The fourth-order valence-corrected chi connectivity index (χ4v) is 4.34. The van der Waals surface area contributed by atoms with E-state index in [1.54, 1.807) is 12.1 Å². The Morgan fingerprint density at radius 2 is 1.78 bits per heavy atom. The molecule has 5 nitrogen and oxygen atoms in total. The van der Waals surface area contributed by atoms with Crippen molar-refractivity contribution in [2.75, 3.05) is 0 Å². The lowest BCUT2D eigenvalue weighted by molar-refractivity contribution is -0.150. The lowest BCUT2D eigenvalue weighted by Gasteiger charge is -2.25. The molecule has 0 unspecified atom stereocenters. The maximum atomic E-state index is 12.5. The van der Waals surface area contributed by atoms with Gasteiger partial charge in [0, 0.05) is 24.0 Å². The van der Waals surface area contributed by atoms with Gasteiger partial charge >= 0.3 is 11.9 Å². The van der Waals surface area contributed by atoms with E-state index in [1.807, 2.05) is 31.2 Å². The van der Waals surface area contributed by atoms with Gasteiger partial charge in [-0.15, -0.1) is 0 Å². The molecule has 1 aliphatic rings. The SMILES string of the molecule is C=CC(=O)Oc1ccc(C#CC2CCC(OC(=O)CCc3cc(C)c(O)c(C(C)(C)C)c3)CC2)cc1. The maximum Gasteiger partial charge on any atom is 0.335 e. The largest absolute Gasteiger partial charge is 0.507 e. The molecule has 0 amide bonds. The molecule has 1 N–H and O–H groups in total. The van der Waals surface area contributed by atoms with E-state index in [2.05, 4.69) is 39.2 Å². The monoisotopic (exact) mass is 488 g/mol. The van der Waals surface area contributed by atoms with Gasteiger partial charge in [0.1, 0.15) is 17.6 Å². The molecule has 0 aliphatic heterocycles. The zero-order valence-corrected chi connectivity index (χ0v) is 21.7. The third-order valence-corrected chi connectivity index (χ3v) is 6.42. The minimum Gasteiger partial charge on any atom is -0.507 e. The summed E-state index contributed by atoms with van der Waals surface area (Å²) in [6.07, 6.45) is 5.41. The number of benzene rings is 2. The van der Waals surface area contributed by atoms with Gasteiger partial charge in [-0.2, -0.15) is 0 Å². The minimum absolute atomic E-state index is 0.0546. The van der Waals surface area contributed by atoms with Crippen molar-refractivity contribution in [2.45, 2.75) is 77.7 Å². The number of phenols is 1. The lowest BCUT2D eigenvalue weighted by Crippen LogP contribution is -2.24. The number of phenolic OH excluding ortho intramolecular Hbond substituents is 1. The zero-order chi connectivity index (χ0) is 26.3. The average Bonchev–Trinajstić information content (AvgIpc) is 2.84. The Balaban J connectivity index is 1.45. The first-order valence-corrected chi connectivity index (χ1v) is 12.5. The van der Waals surface area contributed by atoms with Crippen LogP contribution in [0.1, 0.15) is 75.1 Å². The van der Waals surface area contributed by atoms with Crippen molar-refractivity contribution in [3.8, 4) is 23.3 Å². The van der Waals surface area contributed by atoms with Crippen LogP contribution in [0.4, 0.5) is 0 Å². The predicted octanol–water partition coefficient (Wildman–Crippen LogP) is 6.18. The Hall–Kier alpha value is -3.52. The van der Waals surface area contributed by atoms with Gasteiger partial charge in [0.25, 0.3) is 0 Å². The minimum atomic E-state index is -0.489. The van der Waals surface area contributed by atoms with E-state index in [0.717, 1.165) is 54.0 Å². The van der Waals surface area contributed by atoms with Crippen molar-refractivity contribution < 1.29 is 24.2 Å². The highest BCUT2D eigenvalue weighted by Gasteiger charge is 2.24. The smallest absolute Gasteiger partial charge is 0.335 e. The second kappa shape index (κ2) is 11.9. The number of esters is 2. The fourth-order valence-electron chi connectivity index (χ4n) is 4.34. The third-order valence-electron chi connectivity index (χ3n) is 6.42. The Labute approximate surface area is 214 Å². The highest BCUT2D eigenvalue weighted by molar-refractivity contribution is 5.83. The van der Waals surface area contributed by atoms with Crippen LogP contribution in [-0.4, -0.2) is 23.1 Å². The molecule has 3 rings (SSSR count). The number of carbonyl (C=O) groups excluding carboxylic acids is 2. The van der Waals surface area contributed by atoms with Crippen LogP contribution in [0, 0.1) is 24.7 Å². The number of aryl methyl sites for hydroxylation is 2. The number of carbonyl (C=O) groups is 2. The van der Waals surface area contributed by atoms with Gasteiger partial charge in [-0.25, -0.2) is 4.79 Å². The summed E-state index contributed by atoms with van der Waals surface area (Å²) in [6.45, 7) is 11.5. The third kappa shape index (κ3) is 7.75. The molecular weight excluding hydrogens is 452 g/mol. The molecule has 0 atom stereocenters. The first-order chi connectivity index (χ1) is 17.0. The summed E-state index contributed by atoms with van der Waals surface area (Å²) in [6, 6.07) is 11.0. The topological polar surface area (TPSA) is 72.8 Å². The van der Waals surface area contributed by atoms with Crippen molar-refractivity contribution in [3.63, 3.8) is 0 Å². The van der Waals surface area contributed by atoms with E-state index in [4.69, 9.17) is 9.47 Å². The van der Waals surface area contributed by atoms with Gasteiger partial charge < -0.3 is 14.6 Å². The molecule has 36 heavy (non-hydrogen) atoms. The number of rotatable bonds is 6. The fraction of sp³-hybridized carbons (Fsp3) is 0.419. The molecule has 0 spiro atoms. The number of aromatic hydroxyl groups is 1. The van der Waals surface area contributed by atoms with E-state index in [1.165, 1.54) is 0 Å². The highest BCUT2D eigenvalue weighted by atomic mass is 16.5. The normalized spacial score (nSPS) is 17.4. The average molecular weight is 489 g/mol. The van der Waals surface area contributed by atoms with Gasteiger partial charge in [-0.3, -0.25) is 4.79 Å². The second-order valence-corrected chi connectivity index (χ2v) is 10.4. The van der Waals surface area contributed by atoms with E-state index in [0.29, 0.717) is 24.3 Å². The molecule has 1 fully saturated rings. The van der Waals surface area contributed by atoms with E-state index in [9.17, 15) is 14.7 Å². The molecule has 0 radical (unpaired) electrons. The van der Waals surface area contributed by atoms with E-state index < -0.39 is 5.97 Å². The molecule has 2 aromatic rings. The van der Waals surface area contributed by atoms with Gasteiger partial charge in [0.15, 0.2) is 0 Å². The molecule has 1 saturated carbocycles. The lowest BCUT2D eigenvalue weighted by atomic mass is 9.83. The first kappa shape index (κ1) is 27.1. The number of hydrogen-bond donors (Lipinski definition) is 1. The van der Waals surface area contributed by atoms with Crippen molar-refractivity contribution >= 4 is 11.9 Å². The van der Waals surface area contributed by atoms with Gasteiger partial charge in [-0.1, -0.05) is 51.3 Å². The zero-order valence-electron chi connectivity index (χ0n) is 21.7. The molecule has 5 heteroatoms. The molecule has 0 saturated heterocycles. The highest BCUT2D eigenvalue weighted by Crippen LogP contribution is 2.34. The van der Waals surface area contributed by atoms with Crippen LogP contribution in [0.3, 0.4) is 0 Å². The molecule has 0 bridgehead atoms. The maximum absolute atomic E-state index is 12.5. The molecule has 1 aliphatic carbocycles. The summed E-state index contributed by atoms with van der Waals surface area (Å²) >= 11 is 0. The standard InChI is InChI=1S/C31H36O5/c1-6-28(32)35-25-14-9-22(10-15-25)7-8-23-11-16-26(17-12-23)36-29(33)18-13-24-19-21(2)30(34)27(20-24)31(3,4)5/h6,9-10,14-15,19-20,23,26,34H,1,11-13,16-18H2,2-5H3. The van der Waals surface area contributed by atoms with Crippen LogP contribution >= 0.6 is 0 Å². The van der Waals surface area contributed by atoms with Crippen molar-refractivity contribution in [3.05, 3.63) is 71.3 Å². The Morgan fingerprint density at radius 3 is 2.39 bits per heavy atom. The van der Waals surface area contributed by atoms with Gasteiger partial charge in [-0.05, 0) is 85.4 Å². The number of hydrogen-bond acceptors (Lipinski definition) is 5. The molecule has 190 valence electrons. The van der Waals surface area contributed by atoms with Crippen LogP contribution in [0.2, 0.25) is 0 Å². The first-order valence-electron chi connectivity index (χ1n) is 12.5. The van der Waals surface area contributed by atoms with Crippen molar-refractivity contribution in [1.29, 1.82) is 0 Å². The quantitative estimate of drug-likeness (QED) is 0.228. The Bertz CT molecular complexity index is 1150. The molecular formula is C31H36O5. The summed E-state index contributed by atoms with van der Waals surface area (Å²) in [7, 11) is 0. The van der Waals surface area contributed by atoms with E-state index >= 15 is 0 Å². The van der Waals surface area contributed by atoms with Crippen LogP contribution in [-0.2, 0) is 26.2 Å². The summed E-state index contributed by atoms with van der Waals surface area (Å²) in [5, 5.41) is 10.4. The van der Waals surface area contributed by atoms with Gasteiger partial charge in [0.2, 0.25) is 0 Å². The van der Waals surface area contributed by atoms with Crippen molar-refractivity contribution in [1.82, 2.24) is 0 Å². The summed E-state index contributed by atoms with van der Waals surface area (Å²) in [5.74, 6) is 6.91. The van der Waals surface area contributed by atoms with Crippen LogP contribution in [0.15, 0.2) is 49.1 Å². The summed E-state index contributed by atoms with van der Waals surface area (Å²) in [4.78, 5) is 23.7. The van der Waals surface area contributed by atoms with Crippen LogP contribution in [0.5, 0.6) is 11.5 Å². The van der Waals surface area contributed by atoms with Crippen LogP contribution in [0.25, 0.3) is 0 Å². The Morgan fingerprint density at radius 1 is 1.11 bits per heavy atom. The summed E-state index contributed by atoms with van der Waals surface area (Å²) < 4.78 is 10.8. The van der Waals surface area contributed by atoms with E-state index in [-0.39, 0.29) is 23.4 Å².